The third-order valence-electron chi connectivity index (χ3n) is 3.79. The summed E-state index contributed by atoms with van der Waals surface area (Å²) < 4.78 is 10.4. The highest BCUT2D eigenvalue weighted by atomic mass is 16.5. The first kappa shape index (κ1) is 26.7. The largest absolute Gasteiger partial charge is 0.493 e. The van der Waals surface area contributed by atoms with Crippen LogP contribution in [0.15, 0.2) is 66.8 Å². The molecule has 0 aromatic heterocycles. The van der Waals surface area contributed by atoms with E-state index in [1.807, 2.05) is 49.4 Å². The van der Waals surface area contributed by atoms with Crippen molar-refractivity contribution in [3.63, 3.8) is 0 Å². The van der Waals surface area contributed by atoms with Gasteiger partial charge in [-0.05, 0) is 43.9 Å². The summed E-state index contributed by atoms with van der Waals surface area (Å²) in [5, 5.41) is 16.7. The summed E-state index contributed by atoms with van der Waals surface area (Å²) in [7, 11) is 3.23. The van der Waals surface area contributed by atoms with E-state index in [0.29, 0.717) is 0 Å². The van der Waals surface area contributed by atoms with Crippen LogP contribution < -0.4 is 9.47 Å². The van der Waals surface area contributed by atoms with Crippen molar-refractivity contribution in [3.8, 4) is 11.5 Å². The molecule has 0 saturated heterocycles. The number of methoxy groups -OCH3 is 2. The van der Waals surface area contributed by atoms with Gasteiger partial charge in [-0.2, -0.15) is 0 Å². The van der Waals surface area contributed by atoms with Crippen LogP contribution in [0.1, 0.15) is 38.2 Å². The summed E-state index contributed by atoms with van der Waals surface area (Å²) >= 11 is 0. The highest BCUT2D eigenvalue weighted by molar-refractivity contribution is 5.80. The second kappa shape index (κ2) is 17.8. The van der Waals surface area contributed by atoms with Gasteiger partial charge in [0, 0.05) is 12.5 Å². The molecule has 0 aliphatic heterocycles. The number of hydrogen-bond donors (Lipinski definition) is 2. The van der Waals surface area contributed by atoms with E-state index in [2.05, 4.69) is 0 Å². The summed E-state index contributed by atoms with van der Waals surface area (Å²) in [5.74, 6) is -0.189. The molecular weight excluding hydrogens is 384 g/mol. The maximum atomic E-state index is 10.4. The molecule has 164 valence electrons. The maximum Gasteiger partial charge on any atom is 0.328 e. The number of allylic oxidation sites excluding steroid dienone is 7. The van der Waals surface area contributed by atoms with Crippen molar-refractivity contribution >= 4 is 11.9 Å². The lowest BCUT2D eigenvalue weighted by Crippen LogP contribution is -1.95. The number of benzene rings is 1. The van der Waals surface area contributed by atoms with Gasteiger partial charge < -0.3 is 19.7 Å². The number of hydrogen-bond acceptors (Lipinski definition) is 4. The van der Waals surface area contributed by atoms with Crippen LogP contribution in [0.2, 0.25) is 0 Å². The predicted molar refractivity (Wildman–Crippen MR) is 119 cm³/mol. The standard InChI is InChI=1S/C14H20O4.C10H12O2/c1-17-12-9-8-11(10-13(12)18-2)6-4-3-5-7-14(15)16;1-2-3-4-5-6-7-8-9-10(11)12/h8-10H,3-7H2,1-2H3,(H,15,16);2-9H,1H3,(H,11,12). The molecule has 0 saturated carbocycles. The Labute approximate surface area is 178 Å². The van der Waals surface area contributed by atoms with Gasteiger partial charge in [-0.25, -0.2) is 4.79 Å². The molecule has 30 heavy (non-hydrogen) atoms. The predicted octanol–water partition coefficient (Wildman–Crippen LogP) is 5.21. The second-order valence-corrected chi connectivity index (χ2v) is 6.14. The number of unbranched alkanes of at least 4 members (excludes halogenated alkanes) is 2. The zero-order valence-corrected chi connectivity index (χ0v) is 17.9. The average Bonchev–Trinajstić information content (AvgIpc) is 2.72. The Morgan fingerprint density at radius 1 is 0.867 bits per heavy atom. The molecule has 0 spiro atoms. The van der Waals surface area contributed by atoms with Gasteiger partial charge in [0.2, 0.25) is 0 Å². The molecule has 0 aliphatic rings. The zero-order valence-electron chi connectivity index (χ0n) is 17.9. The van der Waals surface area contributed by atoms with Gasteiger partial charge in [0.05, 0.1) is 14.2 Å². The number of carboxylic acids is 2. The molecule has 0 fully saturated rings. The minimum absolute atomic E-state index is 0.256. The lowest BCUT2D eigenvalue weighted by Gasteiger charge is -2.09. The Morgan fingerprint density at radius 2 is 1.50 bits per heavy atom. The molecule has 1 aromatic carbocycles. The van der Waals surface area contributed by atoms with E-state index in [-0.39, 0.29) is 6.42 Å². The monoisotopic (exact) mass is 416 g/mol. The van der Waals surface area contributed by atoms with Crippen molar-refractivity contribution in [2.45, 2.75) is 39.0 Å². The van der Waals surface area contributed by atoms with Gasteiger partial charge in [0.25, 0.3) is 0 Å². The first-order chi connectivity index (χ1) is 14.4. The fourth-order valence-electron chi connectivity index (χ4n) is 2.32. The van der Waals surface area contributed by atoms with E-state index in [1.54, 1.807) is 26.4 Å². The Balaban J connectivity index is 0.000000612. The Morgan fingerprint density at radius 3 is 2.07 bits per heavy atom. The molecule has 0 heterocycles. The quantitative estimate of drug-likeness (QED) is 0.276. The van der Waals surface area contributed by atoms with Crippen LogP contribution >= 0.6 is 0 Å². The van der Waals surface area contributed by atoms with Crippen molar-refractivity contribution in [2.24, 2.45) is 0 Å². The number of aliphatic carboxylic acids is 2. The molecule has 0 bridgehead atoms. The molecule has 1 rings (SSSR count). The van der Waals surface area contributed by atoms with E-state index < -0.39 is 11.9 Å². The van der Waals surface area contributed by atoms with E-state index in [0.717, 1.165) is 43.3 Å². The van der Waals surface area contributed by atoms with Crippen LogP contribution in [-0.2, 0) is 16.0 Å². The third-order valence-corrected chi connectivity index (χ3v) is 3.79. The van der Waals surface area contributed by atoms with Crippen LogP contribution in [0.25, 0.3) is 0 Å². The first-order valence-electron chi connectivity index (χ1n) is 9.72. The van der Waals surface area contributed by atoms with Gasteiger partial charge in [0.15, 0.2) is 11.5 Å². The van der Waals surface area contributed by atoms with Gasteiger partial charge in [-0.15, -0.1) is 0 Å². The van der Waals surface area contributed by atoms with E-state index in [4.69, 9.17) is 19.7 Å². The molecule has 2 N–H and O–H groups in total. The molecule has 6 nitrogen and oxygen atoms in total. The summed E-state index contributed by atoms with van der Waals surface area (Å²) in [6.45, 7) is 1.93. The smallest absolute Gasteiger partial charge is 0.328 e. The maximum absolute atomic E-state index is 10.4. The van der Waals surface area contributed by atoms with Crippen LogP contribution in [0.3, 0.4) is 0 Å². The number of aryl methyl sites for hydroxylation is 1. The van der Waals surface area contributed by atoms with Crippen molar-refractivity contribution in [2.75, 3.05) is 14.2 Å². The van der Waals surface area contributed by atoms with Crippen molar-refractivity contribution < 1.29 is 29.3 Å². The van der Waals surface area contributed by atoms with Gasteiger partial charge in [-0.1, -0.05) is 55.0 Å². The first-order valence-corrected chi connectivity index (χ1v) is 9.72. The Kier molecular flexibility index (Phi) is 15.8. The molecular formula is C24H32O6. The lowest BCUT2D eigenvalue weighted by molar-refractivity contribution is -0.137. The average molecular weight is 417 g/mol. The lowest BCUT2D eigenvalue weighted by atomic mass is 10.1. The molecule has 0 radical (unpaired) electrons. The van der Waals surface area contributed by atoms with Crippen LogP contribution in [0.4, 0.5) is 0 Å². The number of rotatable bonds is 12. The van der Waals surface area contributed by atoms with Crippen molar-refractivity contribution in [1.82, 2.24) is 0 Å². The Bertz CT molecular complexity index is 744. The number of ether oxygens (including phenoxy) is 2. The fourth-order valence-corrected chi connectivity index (χ4v) is 2.32. The highest BCUT2D eigenvalue weighted by Gasteiger charge is 2.04. The second-order valence-electron chi connectivity index (χ2n) is 6.14. The normalized spacial score (nSPS) is 11.2. The molecule has 0 aliphatic carbocycles. The summed E-state index contributed by atoms with van der Waals surface area (Å²) in [6, 6.07) is 5.87. The third kappa shape index (κ3) is 14.7. The summed E-state index contributed by atoms with van der Waals surface area (Å²) in [6.07, 6.45) is 17.3. The van der Waals surface area contributed by atoms with Crippen LogP contribution in [0.5, 0.6) is 11.5 Å². The molecule has 0 amide bonds. The molecule has 1 aromatic rings. The fraction of sp³-hybridized carbons (Fsp3) is 0.333. The zero-order chi connectivity index (χ0) is 22.6. The number of carbonyl (C=O) groups is 2. The topological polar surface area (TPSA) is 93.1 Å². The van der Waals surface area contributed by atoms with Crippen molar-refractivity contribution in [3.05, 3.63) is 72.4 Å². The van der Waals surface area contributed by atoms with E-state index in [1.165, 1.54) is 11.6 Å². The summed E-state index contributed by atoms with van der Waals surface area (Å²) in [4.78, 5) is 20.3. The van der Waals surface area contributed by atoms with E-state index in [9.17, 15) is 9.59 Å². The molecule has 6 heteroatoms. The van der Waals surface area contributed by atoms with Gasteiger partial charge in [0.1, 0.15) is 0 Å². The van der Waals surface area contributed by atoms with Crippen LogP contribution in [-0.4, -0.2) is 36.4 Å². The SMILES string of the molecule is CC=CC=CC=CC=CC(=O)O.COc1ccc(CCCCCC(=O)O)cc1OC. The number of carboxylic acid groups (broad SMARTS) is 2. The molecule has 0 unspecified atom stereocenters. The molecule has 0 atom stereocenters. The summed E-state index contributed by atoms with van der Waals surface area (Å²) in [5.41, 5.74) is 1.18. The van der Waals surface area contributed by atoms with E-state index >= 15 is 0 Å². The highest BCUT2D eigenvalue weighted by Crippen LogP contribution is 2.28. The van der Waals surface area contributed by atoms with Gasteiger partial charge in [-0.3, -0.25) is 4.79 Å². The van der Waals surface area contributed by atoms with Crippen molar-refractivity contribution in [1.29, 1.82) is 0 Å². The van der Waals surface area contributed by atoms with Crippen LogP contribution in [0, 0.1) is 0 Å². The Hall–Kier alpha value is -3.28. The minimum atomic E-state index is -0.933. The minimum Gasteiger partial charge on any atom is -0.493 e. The van der Waals surface area contributed by atoms with Gasteiger partial charge >= 0.3 is 11.9 Å².